The zero-order chi connectivity index (χ0) is 17.0. The fourth-order valence-corrected chi connectivity index (χ4v) is 2.86. The summed E-state index contributed by atoms with van der Waals surface area (Å²) in [5.74, 6) is 0. The van der Waals surface area contributed by atoms with Gasteiger partial charge < -0.3 is 15.5 Å². The molecule has 0 atom stereocenters. The molecule has 0 saturated carbocycles. The van der Waals surface area contributed by atoms with E-state index < -0.39 is 5.54 Å². The van der Waals surface area contributed by atoms with Gasteiger partial charge in [-0.1, -0.05) is 63.3 Å². The molecule has 3 heteroatoms. The van der Waals surface area contributed by atoms with Crippen LogP contribution in [-0.2, 0) is 12.8 Å². The standard InChI is InChI=1S/C20H35NO2/c1-3-4-5-6-7-8-9-18-10-12-19(13-11-18)14-15-20(16-22,17-23)21-2/h10-13,21-23H,3-9,14-17H2,1-2H3. The predicted molar refractivity (Wildman–Crippen MR) is 97.8 cm³/mol. The molecular weight excluding hydrogens is 286 g/mol. The van der Waals surface area contributed by atoms with Gasteiger partial charge in [0.2, 0.25) is 0 Å². The van der Waals surface area contributed by atoms with Crippen molar-refractivity contribution in [2.24, 2.45) is 0 Å². The fraction of sp³-hybridized carbons (Fsp3) is 0.700. The van der Waals surface area contributed by atoms with Gasteiger partial charge in [0.15, 0.2) is 0 Å². The number of likely N-dealkylation sites (N-methyl/N-ethyl adjacent to an activating group) is 1. The van der Waals surface area contributed by atoms with E-state index in [1.54, 1.807) is 7.05 Å². The molecule has 132 valence electrons. The smallest absolute Gasteiger partial charge is 0.0648 e. The van der Waals surface area contributed by atoms with Crippen molar-refractivity contribution in [3.63, 3.8) is 0 Å². The second-order valence-corrected chi connectivity index (χ2v) is 6.68. The van der Waals surface area contributed by atoms with E-state index in [4.69, 9.17) is 0 Å². The first kappa shape index (κ1) is 20.1. The van der Waals surface area contributed by atoms with Gasteiger partial charge in [0.05, 0.1) is 18.8 Å². The summed E-state index contributed by atoms with van der Waals surface area (Å²) < 4.78 is 0. The highest BCUT2D eigenvalue weighted by atomic mass is 16.3. The van der Waals surface area contributed by atoms with E-state index >= 15 is 0 Å². The van der Waals surface area contributed by atoms with Crippen LogP contribution >= 0.6 is 0 Å². The number of rotatable bonds is 13. The van der Waals surface area contributed by atoms with Crippen molar-refractivity contribution in [1.29, 1.82) is 0 Å². The topological polar surface area (TPSA) is 52.5 Å². The molecule has 0 radical (unpaired) electrons. The van der Waals surface area contributed by atoms with E-state index in [9.17, 15) is 10.2 Å². The second kappa shape index (κ2) is 11.6. The van der Waals surface area contributed by atoms with Crippen molar-refractivity contribution in [1.82, 2.24) is 5.32 Å². The van der Waals surface area contributed by atoms with Crippen LogP contribution < -0.4 is 5.32 Å². The summed E-state index contributed by atoms with van der Waals surface area (Å²) in [4.78, 5) is 0. The summed E-state index contributed by atoms with van der Waals surface area (Å²) >= 11 is 0. The van der Waals surface area contributed by atoms with Crippen LogP contribution in [0, 0.1) is 0 Å². The summed E-state index contributed by atoms with van der Waals surface area (Å²) in [5, 5.41) is 21.9. The Morgan fingerprint density at radius 2 is 1.35 bits per heavy atom. The van der Waals surface area contributed by atoms with Crippen molar-refractivity contribution < 1.29 is 10.2 Å². The zero-order valence-electron chi connectivity index (χ0n) is 15.0. The minimum atomic E-state index is -0.572. The van der Waals surface area contributed by atoms with E-state index in [0.29, 0.717) is 0 Å². The highest BCUT2D eigenvalue weighted by Crippen LogP contribution is 2.16. The summed E-state index contributed by atoms with van der Waals surface area (Å²) in [6.07, 6.45) is 10.8. The lowest BCUT2D eigenvalue weighted by Gasteiger charge is -2.29. The Hall–Kier alpha value is -0.900. The number of aliphatic hydroxyl groups is 2. The van der Waals surface area contributed by atoms with Crippen molar-refractivity contribution >= 4 is 0 Å². The third-order valence-electron chi connectivity index (χ3n) is 4.87. The molecule has 0 heterocycles. The Kier molecular flexibility index (Phi) is 10.2. The minimum Gasteiger partial charge on any atom is -0.394 e. The number of benzene rings is 1. The van der Waals surface area contributed by atoms with E-state index in [1.807, 2.05) is 0 Å². The molecule has 0 aromatic heterocycles. The Morgan fingerprint density at radius 1 is 0.826 bits per heavy atom. The molecule has 23 heavy (non-hydrogen) atoms. The first-order chi connectivity index (χ1) is 11.2. The highest BCUT2D eigenvalue weighted by molar-refractivity contribution is 5.23. The lowest BCUT2D eigenvalue weighted by Crippen LogP contribution is -2.50. The van der Waals surface area contributed by atoms with Gasteiger partial charge in [-0.3, -0.25) is 0 Å². The number of hydrogen-bond donors (Lipinski definition) is 3. The summed E-state index contributed by atoms with van der Waals surface area (Å²) in [6.45, 7) is 2.16. The highest BCUT2D eigenvalue weighted by Gasteiger charge is 2.25. The van der Waals surface area contributed by atoms with Crippen LogP contribution in [-0.4, -0.2) is 36.0 Å². The molecule has 0 bridgehead atoms. The van der Waals surface area contributed by atoms with Crippen LogP contribution in [0.5, 0.6) is 0 Å². The van der Waals surface area contributed by atoms with Crippen molar-refractivity contribution in [3.8, 4) is 0 Å². The van der Waals surface area contributed by atoms with Gasteiger partial charge in [-0.2, -0.15) is 0 Å². The number of nitrogens with one attached hydrogen (secondary N) is 1. The third-order valence-corrected chi connectivity index (χ3v) is 4.87. The minimum absolute atomic E-state index is 0.0455. The summed E-state index contributed by atoms with van der Waals surface area (Å²) in [6, 6.07) is 8.81. The van der Waals surface area contributed by atoms with Crippen molar-refractivity contribution in [2.75, 3.05) is 20.3 Å². The van der Waals surface area contributed by atoms with Crippen molar-refractivity contribution in [3.05, 3.63) is 35.4 Å². The molecule has 0 aliphatic carbocycles. The van der Waals surface area contributed by atoms with Gasteiger partial charge in [-0.15, -0.1) is 0 Å². The van der Waals surface area contributed by atoms with E-state index in [2.05, 4.69) is 36.5 Å². The molecule has 3 nitrogen and oxygen atoms in total. The normalized spacial score (nSPS) is 11.8. The zero-order valence-corrected chi connectivity index (χ0v) is 15.0. The number of unbranched alkanes of at least 4 members (excludes halogenated alkanes) is 5. The predicted octanol–water partition coefficient (Wildman–Crippen LogP) is 3.47. The summed E-state index contributed by atoms with van der Waals surface area (Å²) in [5.41, 5.74) is 2.10. The Labute approximate surface area is 142 Å². The maximum absolute atomic E-state index is 9.45. The van der Waals surface area contributed by atoms with E-state index in [1.165, 1.54) is 56.1 Å². The van der Waals surface area contributed by atoms with Gasteiger partial charge in [0.25, 0.3) is 0 Å². The molecule has 0 aliphatic heterocycles. The van der Waals surface area contributed by atoms with Crippen molar-refractivity contribution in [2.45, 2.75) is 70.3 Å². The first-order valence-electron chi connectivity index (χ1n) is 9.18. The molecule has 1 rings (SSSR count). The average molecular weight is 322 g/mol. The molecular formula is C20H35NO2. The molecule has 0 spiro atoms. The summed E-state index contributed by atoms with van der Waals surface area (Å²) in [7, 11) is 1.79. The average Bonchev–Trinajstić information content (AvgIpc) is 2.61. The third kappa shape index (κ3) is 7.47. The van der Waals surface area contributed by atoms with Crippen LogP contribution in [0.15, 0.2) is 24.3 Å². The quantitative estimate of drug-likeness (QED) is 0.488. The Morgan fingerprint density at radius 3 is 1.87 bits per heavy atom. The number of aryl methyl sites for hydroxylation is 2. The van der Waals surface area contributed by atoms with Gasteiger partial charge in [-0.05, 0) is 43.9 Å². The number of aliphatic hydroxyl groups excluding tert-OH is 2. The molecule has 0 aliphatic rings. The van der Waals surface area contributed by atoms with Crippen LogP contribution in [0.1, 0.15) is 63.0 Å². The molecule has 0 fully saturated rings. The second-order valence-electron chi connectivity index (χ2n) is 6.68. The number of hydrogen-bond acceptors (Lipinski definition) is 3. The largest absolute Gasteiger partial charge is 0.394 e. The Bertz CT molecular complexity index is 390. The van der Waals surface area contributed by atoms with Gasteiger partial charge in [-0.25, -0.2) is 0 Å². The van der Waals surface area contributed by atoms with Crippen LogP contribution in [0.25, 0.3) is 0 Å². The molecule has 0 amide bonds. The maximum Gasteiger partial charge on any atom is 0.0648 e. The molecule has 0 saturated heterocycles. The van der Waals surface area contributed by atoms with E-state index in [-0.39, 0.29) is 13.2 Å². The lowest BCUT2D eigenvalue weighted by molar-refractivity contribution is 0.0906. The van der Waals surface area contributed by atoms with Crippen LogP contribution in [0.4, 0.5) is 0 Å². The van der Waals surface area contributed by atoms with Gasteiger partial charge >= 0.3 is 0 Å². The van der Waals surface area contributed by atoms with Crippen LogP contribution in [0.2, 0.25) is 0 Å². The van der Waals surface area contributed by atoms with Gasteiger partial charge in [0, 0.05) is 0 Å². The molecule has 0 unspecified atom stereocenters. The van der Waals surface area contributed by atoms with Gasteiger partial charge in [0.1, 0.15) is 0 Å². The van der Waals surface area contributed by atoms with Crippen LogP contribution in [0.3, 0.4) is 0 Å². The Balaban J connectivity index is 2.33. The SMILES string of the molecule is CCCCCCCCc1ccc(CCC(CO)(CO)NC)cc1. The fourth-order valence-electron chi connectivity index (χ4n) is 2.86. The monoisotopic (exact) mass is 321 g/mol. The maximum atomic E-state index is 9.45. The molecule has 1 aromatic carbocycles. The lowest BCUT2D eigenvalue weighted by atomic mass is 9.92. The molecule has 3 N–H and O–H groups in total. The molecule has 1 aromatic rings. The van der Waals surface area contributed by atoms with E-state index in [0.717, 1.165) is 12.8 Å². The first-order valence-corrected chi connectivity index (χ1v) is 9.18.